The van der Waals surface area contributed by atoms with Gasteiger partial charge in [0.15, 0.2) is 0 Å². The van der Waals surface area contributed by atoms with Crippen LogP contribution in [0.15, 0.2) is 35.0 Å². The molecule has 2 fully saturated rings. The van der Waals surface area contributed by atoms with Crippen molar-refractivity contribution in [3.05, 3.63) is 56.2 Å². The van der Waals surface area contributed by atoms with Gasteiger partial charge in [0.25, 0.3) is 0 Å². The van der Waals surface area contributed by atoms with E-state index in [2.05, 4.69) is 32.7 Å². The zero-order chi connectivity index (χ0) is 20.2. The highest BCUT2D eigenvalue weighted by Crippen LogP contribution is 2.36. The highest BCUT2D eigenvalue weighted by Gasteiger charge is 2.35. The standard InChI is InChI=1S/C23H30Cl2N2OS/c1-28-15-17-4-7-26(8-5-17)12-20-13-27(14-22(20)19-6-9-29-16-19)11-18-2-3-21(24)10-23(18)25/h2-3,6,9-10,16-17,20,22H,4-5,7-8,11-15H2,1H3. The summed E-state index contributed by atoms with van der Waals surface area (Å²) in [7, 11) is 1.82. The number of thiophene rings is 1. The molecule has 0 N–H and O–H groups in total. The van der Waals surface area contributed by atoms with Crippen LogP contribution in [-0.4, -0.2) is 56.2 Å². The van der Waals surface area contributed by atoms with Crippen LogP contribution in [0.25, 0.3) is 0 Å². The summed E-state index contributed by atoms with van der Waals surface area (Å²) in [6, 6.07) is 8.17. The lowest BCUT2D eigenvalue weighted by Crippen LogP contribution is -2.39. The van der Waals surface area contributed by atoms with Crippen LogP contribution in [0.5, 0.6) is 0 Å². The molecule has 2 aliphatic heterocycles. The third-order valence-electron chi connectivity index (χ3n) is 6.50. The van der Waals surface area contributed by atoms with E-state index in [1.807, 2.05) is 30.6 Å². The fourth-order valence-corrected chi connectivity index (χ4v) is 6.13. The largest absolute Gasteiger partial charge is 0.384 e. The minimum Gasteiger partial charge on any atom is -0.384 e. The van der Waals surface area contributed by atoms with E-state index in [9.17, 15) is 0 Å². The van der Waals surface area contributed by atoms with Crippen molar-refractivity contribution in [3.63, 3.8) is 0 Å². The molecule has 0 bridgehead atoms. The van der Waals surface area contributed by atoms with Crippen molar-refractivity contribution >= 4 is 34.5 Å². The van der Waals surface area contributed by atoms with Crippen LogP contribution in [-0.2, 0) is 11.3 Å². The van der Waals surface area contributed by atoms with Crippen molar-refractivity contribution in [2.45, 2.75) is 25.3 Å². The lowest BCUT2D eigenvalue weighted by atomic mass is 9.89. The Balaban J connectivity index is 1.41. The van der Waals surface area contributed by atoms with E-state index in [4.69, 9.17) is 27.9 Å². The summed E-state index contributed by atoms with van der Waals surface area (Å²) in [5, 5.41) is 6.02. The molecule has 6 heteroatoms. The molecule has 0 amide bonds. The van der Waals surface area contributed by atoms with Crippen molar-refractivity contribution in [1.82, 2.24) is 9.80 Å². The first-order valence-corrected chi connectivity index (χ1v) is 12.2. The number of hydrogen-bond acceptors (Lipinski definition) is 4. The number of nitrogens with zero attached hydrogens (tertiary/aromatic N) is 2. The zero-order valence-electron chi connectivity index (χ0n) is 17.0. The summed E-state index contributed by atoms with van der Waals surface area (Å²) in [4.78, 5) is 5.24. The van der Waals surface area contributed by atoms with Gasteiger partial charge in [-0.3, -0.25) is 4.90 Å². The predicted octanol–water partition coefficient (Wildman–Crippen LogP) is 5.63. The number of piperidine rings is 1. The number of hydrogen-bond donors (Lipinski definition) is 0. The molecule has 29 heavy (non-hydrogen) atoms. The maximum atomic E-state index is 6.45. The number of halogens is 2. The van der Waals surface area contributed by atoms with Gasteiger partial charge in [-0.25, -0.2) is 0 Å². The van der Waals surface area contributed by atoms with Gasteiger partial charge in [0.2, 0.25) is 0 Å². The Morgan fingerprint density at radius 2 is 1.93 bits per heavy atom. The van der Waals surface area contributed by atoms with Crippen LogP contribution in [0.4, 0.5) is 0 Å². The molecular formula is C23H30Cl2N2OS. The van der Waals surface area contributed by atoms with Crippen LogP contribution in [0.1, 0.15) is 29.9 Å². The number of rotatable bonds is 7. The quantitative estimate of drug-likeness (QED) is 0.541. The molecule has 3 nitrogen and oxygen atoms in total. The zero-order valence-corrected chi connectivity index (χ0v) is 19.4. The number of methoxy groups -OCH3 is 1. The lowest BCUT2D eigenvalue weighted by molar-refractivity contribution is 0.0918. The van der Waals surface area contributed by atoms with Gasteiger partial charge in [0.1, 0.15) is 0 Å². The van der Waals surface area contributed by atoms with Crippen LogP contribution in [0, 0.1) is 11.8 Å². The molecule has 158 valence electrons. The molecule has 2 unspecified atom stereocenters. The van der Waals surface area contributed by atoms with Gasteiger partial charge < -0.3 is 9.64 Å². The van der Waals surface area contributed by atoms with Crippen LogP contribution < -0.4 is 0 Å². The Kier molecular flexibility index (Phi) is 7.54. The van der Waals surface area contributed by atoms with E-state index in [1.165, 1.54) is 43.6 Å². The van der Waals surface area contributed by atoms with Crippen molar-refractivity contribution in [2.24, 2.45) is 11.8 Å². The molecule has 0 aliphatic carbocycles. The Morgan fingerprint density at radius 1 is 1.10 bits per heavy atom. The molecular weight excluding hydrogens is 423 g/mol. The van der Waals surface area contributed by atoms with E-state index < -0.39 is 0 Å². The predicted molar refractivity (Wildman–Crippen MR) is 123 cm³/mol. The van der Waals surface area contributed by atoms with Crippen LogP contribution >= 0.6 is 34.5 Å². The van der Waals surface area contributed by atoms with Crippen molar-refractivity contribution in [3.8, 4) is 0 Å². The van der Waals surface area contributed by atoms with Gasteiger partial charge in [0.05, 0.1) is 0 Å². The molecule has 2 aliphatic rings. The van der Waals surface area contributed by atoms with Crippen molar-refractivity contribution < 1.29 is 4.74 Å². The second-order valence-corrected chi connectivity index (χ2v) is 10.2. The molecule has 0 radical (unpaired) electrons. The molecule has 1 aromatic heterocycles. The monoisotopic (exact) mass is 452 g/mol. The van der Waals surface area contributed by atoms with Gasteiger partial charge in [-0.15, -0.1) is 0 Å². The maximum absolute atomic E-state index is 6.45. The molecule has 2 saturated heterocycles. The second kappa shape index (κ2) is 10.1. The first-order valence-electron chi connectivity index (χ1n) is 10.5. The third-order valence-corrected chi connectivity index (χ3v) is 7.79. The van der Waals surface area contributed by atoms with E-state index in [1.54, 1.807) is 0 Å². The van der Waals surface area contributed by atoms with Gasteiger partial charge in [-0.2, -0.15) is 11.3 Å². The second-order valence-electron chi connectivity index (χ2n) is 8.55. The normalized spacial score (nSPS) is 24.4. The number of ether oxygens (including phenoxy) is 1. The van der Waals surface area contributed by atoms with Crippen molar-refractivity contribution in [2.75, 3.05) is 46.4 Å². The fraction of sp³-hybridized carbons (Fsp3) is 0.565. The summed E-state index contributed by atoms with van der Waals surface area (Å²) < 4.78 is 5.36. The SMILES string of the molecule is COCC1CCN(CC2CN(Cc3ccc(Cl)cc3Cl)CC2c2ccsc2)CC1. The van der Waals surface area contributed by atoms with E-state index in [0.29, 0.717) is 16.9 Å². The van der Waals surface area contributed by atoms with Crippen molar-refractivity contribution in [1.29, 1.82) is 0 Å². The molecule has 1 aromatic carbocycles. The Morgan fingerprint density at radius 3 is 2.62 bits per heavy atom. The minimum atomic E-state index is 0.601. The summed E-state index contributed by atoms with van der Waals surface area (Å²) in [6.07, 6.45) is 2.52. The summed E-state index contributed by atoms with van der Waals surface area (Å²) in [5.41, 5.74) is 2.67. The van der Waals surface area contributed by atoms with Crippen LogP contribution in [0.3, 0.4) is 0 Å². The topological polar surface area (TPSA) is 15.7 Å². The van der Waals surface area contributed by atoms with Gasteiger partial charge >= 0.3 is 0 Å². The summed E-state index contributed by atoms with van der Waals surface area (Å²) >= 11 is 14.3. The Labute approximate surface area is 188 Å². The molecule has 3 heterocycles. The average molecular weight is 453 g/mol. The maximum Gasteiger partial charge on any atom is 0.0491 e. The minimum absolute atomic E-state index is 0.601. The van der Waals surface area contributed by atoms with E-state index in [0.717, 1.165) is 37.2 Å². The molecule has 4 rings (SSSR count). The highest BCUT2D eigenvalue weighted by molar-refractivity contribution is 7.08. The third kappa shape index (κ3) is 5.55. The first kappa shape index (κ1) is 21.6. The first-order chi connectivity index (χ1) is 14.1. The van der Waals surface area contributed by atoms with Gasteiger partial charge in [0, 0.05) is 55.9 Å². The van der Waals surface area contributed by atoms with E-state index >= 15 is 0 Å². The number of likely N-dealkylation sites (tertiary alicyclic amines) is 2. The molecule has 0 spiro atoms. The molecule has 0 saturated carbocycles. The highest BCUT2D eigenvalue weighted by atomic mass is 35.5. The number of benzene rings is 1. The summed E-state index contributed by atoms with van der Waals surface area (Å²) in [6.45, 7) is 7.60. The Bertz CT molecular complexity index is 777. The van der Waals surface area contributed by atoms with Gasteiger partial charge in [-0.1, -0.05) is 29.3 Å². The molecule has 2 atom stereocenters. The Hall–Kier alpha value is -0.620. The summed E-state index contributed by atoms with van der Waals surface area (Å²) in [5.74, 6) is 2.00. The van der Waals surface area contributed by atoms with Gasteiger partial charge in [-0.05, 0) is 77.9 Å². The lowest BCUT2D eigenvalue weighted by Gasteiger charge is -2.34. The smallest absolute Gasteiger partial charge is 0.0491 e. The van der Waals surface area contributed by atoms with E-state index in [-0.39, 0.29) is 0 Å². The molecule has 2 aromatic rings. The fourth-order valence-electron chi connectivity index (χ4n) is 4.93. The average Bonchev–Trinajstić information content (AvgIpc) is 3.36. The van der Waals surface area contributed by atoms with Crippen LogP contribution in [0.2, 0.25) is 10.0 Å².